The monoisotopic (exact) mass is 269 g/mol. The van der Waals surface area contributed by atoms with Gasteiger partial charge in [-0.1, -0.05) is 0 Å². The van der Waals surface area contributed by atoms with Crippen LogP contribution < -0.4 is 5.32 Å². The highest BCUT2D eigenvalue weighted by molar-refractivity contribution is 5.88. The van der Waals surface area contributed by atoms with Crippen LogP contribution in [0.5, 0.6) is 0 Å². The zero-order valence-corrected chi connectivity index (χ0v) is 8.98. The Morgan fingerprint density at radius 1 is 1.28 bits per heavy atom. The smallest absolute Gasteiger partial charge is 0.408 e. The molecule has 0 saturated heterocycles. The van der Waals surface area contributed by atoms with Gasteiger partial charge in [0.1, 0.15) is 23.2 Å². The third-order valence-corrected chi connectivity index (χ3v) is 2.13. The van der Waals surface area contributed by atoms with E-state index in [1.54, 1.807) is 0 Å². The Labute approximate surface area is 98.2 Å². The molecule has 8 heteroatoms. The van der Waals surface area contributed by atoms with Crippen molar-refractivity contribution >= 4 is 11.7 Å². The molecule has 0 fully saturated rings. The largest absolute Gasteiger partial charge is 0.477 e. The van der Waals surface area contributed by atoms with Gasteiger partial charge in [0.2, 0.25) is 0 Å². The van der Waals surface area contributed by atoms with Gasteiger partial charge in [-0.2, -0.15) is 13.2 Å². The summed E-state index contributed by atoms with van der Waals surface area (Å²) in [5.74, 6) is -4.72. The highest BCUT2D eigenvalue weighted by Crippen LogP contribution is 2.25. The van der Waals surface area contributed by atoms with Crippen molar-refractivity contribution in [2.75, 3.05) is 5.32 Å². The fourth-order valence-electron chi connectivity index (χ4n) is 1.19. The molecule has 1 aromatic rings. The van der Waals surface area contributed by atoms with E-state index in [1.807, 2.05) is 5.32 Å². The summed E-state index contributed by atoms with van der Waals surface area (Å²) in [5, 5.41) is 10.3. The Balaban J connectivity index is 3.04. The highest BCUT2D eigenvalue weighted by atomic mass is 19.4. The number of anilines is 1. The van der Waals surface area contributed by atoms with Crippen LogP contribution in [-0.2, 0) is 0 Å². The minimum absolute atomic E-state index is 0.486. The number of hydrogen-bond acceptors (Lipinski definition) is 2. The fraction of sp³-hybridized carbons (Fsp3) is 0.300. The van der Waals surface area contributed by atoms with E-state index in [2.05, 4.69) is 0 Å². The summed E-state index contributed by atoms with van der Waals surface area (Å²) in [6, 6.07) is -1.03. The van der Waals surface area contributed by atoms with Crippen LogP contribution in [0, 0.1) is 11.6 Å². The lowest BCUT2D eigenvalue weighted by molar-refractivity contribution is -0.138. The van der Waals surface area contributed by atoms with Gasteiger partial charge in [0, 0.05) is 5.69 Å². The molecule has 0 heterocycles. The fourth-order valence-corrected chi connectivity index (χ4v) is 1.19. The third-order valence-electron chi connectivity index (χ3n) is 2.13. The predicted molar refractivity (Wildman–Crippen MR) is 52.5 cm³/mol. The highest BCUT2D eigenvalue weighted by Gasteiger charge is 2.36. The number of benzene rings is 1. The van der Waals surface area contributed by atoms with Crippen LogP contribution in [0.4, 0.5) is 27.6 Å². The molecule has 18 heavy (non-hydrogen) atoms. The van der Waals surface area contributed by atoms with Crippen molar-refractivity contribution in [3.05, 3.63) is 29.3 Å². The van der Waals surface area contributed by atoms with Gasteiger partial charge in [0.25, 0.3) is 0 Å². The van der Waals surface area contributed by atoms with Crippen LogP contribution >= 0.6 is 0 Å². The van der Waals surface area contributed by atoms with Crippen LogP contribution in [0.2, 0.25) is 0 Å². The Morgan fingerprint density at radius 3 is 2.06 bits per heavy atom. The third kappa shape index (κ3) is 3.08. The Morgan fingerprint density at radius 2 is 1.72 bits per heavy atom. The number of carboxylic acid groups (broad SMARTS) is 1. The first-order valence-corrected chi connectivity index (χ1v) is 4.68. The number of alkyl halides is 3. The molecule has 1 aromatic carbocycles. The maximum atomic E-state index is 13.2. The van der Waals surface area contributed by atoms with Crippen molar-refractivity contribution in [2.24, 2.45) is 0 Å². The zero-order valence-electron chi connectivity index (χ0n) is 8.98. The number of rotatable bonds is 3. The topological polar surface area (TPSA) is 49.3 Å². The molecule has 0 bridgehead atoms. The van der Waals surface area contributed by atoms with E-state index in [1.165, 1.54) is 0 Å². The van der Waals surface area contributed by atoms with Crippen LogP contribution in [0.15, 0.2) is 12.1 Å². The molecule has 0 aliphatic rings. The van der Waals surface area contributed by atoms with E-state index >= 15 is 0 Å². The van der Waals surface area contributed by atoms with Crippen molar-refractivity contribution in [3.63, 3.8) is 0 Å². The lowest BCUT2D eigenvalue weighted by atomic mass is 10.1. The van der Waals surface area contributed by atoms with Gasteiger partial charge in [0.05, 0.1) is 0 Å². The molecule has 2 N–H and O–H groups in total. The van der Waals surface area contributed by atoms with Crippen LogP contribution in [-0.4, -0.2) is 23.3 Å². The summed E-state index contributed by atoms with van der Waals surface area (Å²) in [4.78, 5) is 10.5. The second kappa shape index (κ2) is 4.79. The molecule has 1 rings (SSSR count). The summed E-state index contributed by atoms with van der Waals surface area (Å²) in [6.07, 6.45) is -4.58. The minimum Gasteiger partial charge on any atom is -0.477 e. The Bertz CT molecular complexity index is 449. The van der Waals surface area contributed by atoms with Gasteiger partial charge < -0.3 is 10.4 Å². The average molecular weight is 269 g/mol. The lowest BCUT2D eigenvalue weighted by Gasteiger charge is -2.18. The number of nitrogens with one attached hydrogen (secondary N) is 1. The summed E-state index contributed by atoms with van der Waals surface area (Å²) in [5.41, 5.74) is -1.69. The average Bonchev–Trinajstić information content (AvgIpc) is 2.13. The molecule has 0 spiro atoms. The molecule has 0 aliphatic heterocycles. The van der Waals surface area contributed by atoms with E-state index in [0.717, 1.165) is 6.92 Å². The molecule has 0 aromatic heterocycles. The second-order valence-electron chi connectivity index (χ2n) is 3.53. The van der Waals surface area contributed by atoms with E-state index in [4.69, 9.17) is 5.11 Å². The van der Waals surface area contributed by atoms with Crippen LogP contribution in [0.25, 0.3) is 0 Å². The molecular weight excluding hydrogens is 261 g/mol. The van der Waals surface area contributed by atoms with Crippen LogP contribution in [0.3, 0.4) is 0 Å². The van der Waals surface area contributed by atoms with Gasteiger partial charge in [-0.3, -0.25) is 0 Å². The molecule has 100 valence electrons. The van der Waals surface area contributed by atoms with E-state index in [0.29, 0.717) is 12.1 Å². The first-order valence-electron chi connectivity index (χ1n) is 4.68. The van der Waals surface area contributed by atoms with Crippen molar-refractivity contribution in [3.8, 4) is 0 Å². The van der Waals surface area contributed by atoms with E-state index < -0.39 is 41.1 Å². The van der Waals surface area contributed by atoms with Gasteiger partial charge in [-0.25, -0.2) is 13.6 Å². The van der Waals surface area contributed by atoms with Crippen molar-refractivity contribution in [1.29, 1.82) is 0 Å². The van der Waals surface area contributed by atoms with Gasteiger partial charge in [-0.15, -0.1) is 0 Å². The van der Waals surface area contributed by atoms with Crippen molar-refractivity contribution in [1.82, 2.24) is 0 Å². The van der Waals surface area contributed by atoms with Gasteiger partial charge in [-0.05, 0) is 19.1 Å². The van der Waals surface area contributed by atoms with Gasteiger partial charge >= 0.3 is 12.1 Å². The van der Waals surface area contributed by atoms with Crippen LogP contribution in [0.1, 0.15) is 17.3 Å². The second-order valence-corrected chi connectivity index (χ2v) is 3.53. The molecule has 3 nitrogen and oxygen atoms in total. The molecule has 0 radical (unpaired) electrons. The Hall–Kier alpha value is -1.86. The number of halogens is 5. The summed E-state index contributed by atoms with van der Waals surface area (Å²) in [7, 11) is 0. The number of carbonyl (C=O) groups is 1. The van der Waals surface area contributed by atoms with E-state index in [9.17, 15) is 26.7 Å². The molecule has 1 atom stereocenters. The first-order chi connectivity index (χ1) is 8.12. The number of aromatic carboxylic acids is 1. The summed E-state index contributed by atoms with van der Waals surface area (Å²) in [6.45, 7) is 0.765. The normalized spacial score (nSPS) is 13.2. The molecular formula is C10H8F5NO2. The van der Waals surface area contributed by atoms with Crippen molar-refractivity contribution < 1.29 is 31.9 Å². The lowest BCUT2D eigenvalue weighted by Crippen LogP contribution is -2.33. The SMILES string of the molecule is C[C@@H](Nc1cc(F)c(C(=O)O)c(F)c1)C(F)(F)F. The van der Waals surface area contributed by atoms with E-state index in [-0.39, 0.29) is 0 Å². The van der Waals surface area contributed by atoms with Gasteiger partial charge in [0.15, 0.2) is 0 Å². The first kappa shape index (κ1) is 14.2. The molecule has 0 aliphatic carbocycles. The maximum absolute atomic E-state index is 13.2. The summed E-state index contributed by atoms with van der Waals surface area (Å²) < 4.78 is 62.9. The minimum atomic E-state index is -4.58. The van der Waals surface area contributed by atoms with Crippen molar-refractivity contribution in [2.45, 2.75) is 19.1 Å². The maximum Gasteiger partial charge on any atom is 0.408 e. The molecule has 0 saturated carbocycles. The molecule has 0 amide bonds. The Kier molecular flexibility index (Phi) is 3.78. The summed E-state index contributed by atoms with van der Waals surface area (Å²) >= 11 is 0. The zero-order chi connectivity index (χ0) is 14.1. The number of carboxylic acids is 1. The quantitative estimate of drug-likeness (QED) is 0.829. The molecule has 0 unspecified atom stereocenters. The standard InChI is InChI=1S/C10H8F5NO2/c1-4(10(13,14)15)16-5-2-6(11)8(9(17)18)7(12)3-5/h2-4,16H,1H3,(H,17,18)/t4-/m1/s1. The number of hydrogen-bond donors (Lipinski definition) is 2. The predicted octanol–water partition coefficient (Wildman–Crippen LogP) is 3.03.